The molecule has 0 radical (unpaired) electrons. The van der Waals surface area contributed by atoms with Gasteiger partial charge in [-0.05, 0) is 48.4 Å². The van der Waals surface area contributed by atoms with E-state index in [1.165, 1.54) is 0 Å². The van der Waals surface area contributed by atoms with Crippen molar-refractivity contribution in [3.63, 3.8) is 0 Å². The molecule has 1 saturated heterocycles. The molecule has 0 aliphatic carbocycles. The maximum Gasteiger partial charge on any atom is 0.247 e. The Morgan fingerprint density at radius 3 is 1.83 bits per heavy atom. The maximum absolute atomic E-state index is 12.2. The first-order valence-electron chi connectivity index (χ1n) is 8.62. The monoisotopic (exact) mass is 329 g/mol. The third kappa shape index (κ3) is 3.82. The second kappa shape index (κ2) is 5.65. The molecule has 2 rings (SSSR count). The minimum atomic E-state index is -0.195. The fourth-order valence-electron chi connectivity index (χ4n) is 3.19. The molecular weight excluding hydrogens is 298 g/mol. The van der Waals surface area contributed by atoms with Gasteiger partial charge in [-0.1, -0.05) is 41.5 Å². The Morgan fingerprint density at radius 1 is 1.04 bits per heavy atom. The Labute approximate surface area is 146 Å². The standard InChI is InChI=1S/C21H31NO2/c1-19(2,3)15-10-13(11-16(17(15)23)20(4,5)6)9-14-12-21(7,8)22-18(14)24/h9-11,23H,12H2,1-8H3,(H,22,24). The molecule has 1 aromatic carbocycles. The van der Waals surface area contributed by atoms with E-state index in [4.69, 9.17) is 0 Å². The zero-order chi connectivity index (χ0) is 18.5. The summed E-state index contributed by atoms with van der Waals surface area (Å²) in [6, 6.07) is 4.02. The van der Waals surface area contributed by atoms with E-state index in [-0.39, 0.29) is 22.3 Å². The van der Waals surface area contributed by atoms with Crippen LogP contribution in [-0.4, -0.2) is 16.6 Å². The smallest absolute Gasteiger partial charge is 0.247 e. The van der Waals surface area contributed by atoms with Crippen LogP contribution in [0.2, 0.25) is 0 Å². The summed E-state index contributed by atoms with van der Waals surface area (Å²) in [5.74, 6) is 0.371. The lowest BCUT2D eigenvalue weighted by atomic mass is 9.78. The molecule has 1 amide bonds. The molecule has 0 spiro atoms. The highest BCUT2D eigenvalue weighted by Gasteiger charge is 2.33. The van der Waals surface area contributed by atoms with Crippen molar-refractivity contribution in [3.8, 4) is 5.75 Å². The molecule has 1 aliphatic heterocycles. The van der Waals surface area contributed by atoms with E-state index in [9.17, 15) is 9.90 Å². The molecule has 0 saturated carbocycles. The molecule has 0 atom stereocenters. The quantitative estimate of drug-likeness (QED) is 0.736. The van der Waals surface area contributed by atoms with E-state index in [1.54, 1.807) is 0 Å². The summed E-state index contributed by atoms with van der Waals surface area (Å²) < 4.78 is 0. The Balaban J connectivity index is 2.62. The summed E-state index contributed by atoms with van der Waals surface area (Å²) in [5.41, 5.74) is 3.07. The minimum Gasteiger partial charge on any atom is -0.507 e. The Hall–Kier alpha value is -1.77. The second-order valence-corrected chi connectivity index (χ2v) is 9.65. The highest BCUT2D eigenvalue weighted by Crippen LogP contribution is 2.40. The van der Waals surface area contributed by atoms with Crippen molar-refractivity contribution in [2.24, 2.45) is 0 Å². The molecule has 3 nitrogen and oxygen atoms in total. The molecule has 3 heteroatoms. The van der Waals surface area contributed by atoms with Crippen LogP contribution < -0.4 is 5.32 Å². The van der Waals surface area contributed by atoms with Gasteiger partial charge in [0.05, 0.1) is 0 Å². The van der Waals surface area contributed by atoms with Crippen molar-refractivity contribution >= 4 is 12.0 Å². The van der Waals surface area contributed by atoms with Gasteiger partial charge in [0.2, 0.25) is 5.91 Å². The molecule has 1 aromatic rings. The van der Waals surface area contributed by atoms with Crippen molar-refractivity contribution in [1.29, 1.82) is 0 Å². The SMILES string of the molecule is CC1(C)CC(=Cc2cc(C(C)(C)C)c(O)c(C(C)(C)C)c2)C(=O)N1. The summed E-state index contributed by atoms with van der Waals surface area (Å²) in [6.07, 6.45) is 2.68. The number of benzene rings is 1. The highest BCUT2D eigenvalue weighted by atomic mass is 16.3. The molecule has 24 heavy (non-hydrogen) atoms. The van der Waals surface area contributed by atoms with Gasteiger partial charge in [0.15, 0.2) is 0 Å². The van der Waals surface area contributed by atoms with Gasteiger partial charge < -0.3 is 10.4 Å². The van der Waals surface area contributed by atoms with E-state index in [0.717, 1.165) is 22.3 Å². The Kier molecular flexibility index (Phi) is 4.37. The van der Waals surface area contributed by atoms with Gasteiger partial charge in [-0.2, -0.15) is 0 Å². The molecule has 132 valence electrons. The number of phenols is 1. The molecular formula is C21H31NO2. The van der Waals surface area contributed by atoms with Crippen LogP contribution in [0.1, 0.15) is 78.5 Å². The minimum absolute atomic E-state index is 0.00249. The number of amides is 1. The van der Waals surface area contributed by atoms with E-state index < -0.39 is 0 Å². The number of hydrogen-bond acceptors (Lipinski definition) is 2. The van der Waals surface area contributed by atoms with E-state index in [0.29, 0.717) is 12.2 Å². The normalized spacial score (nSPS) is 19.7. The molecule has 0 bridgehead atoms. The van der Waals surface area contributed by atoms with Gasteiger partial charge in [0.25, 0.3) is 0 Å². The lowest BCUT2D eigenvalue weighted by Gasteiger charge is -2.28. The summed E-state index contributed by atoms with van der Waals surface area (Å²) in [7, 11) is 0. The van der Waals surface area contributed by atoms with Crippen molar-refractivity contribution < 1.29 is 9.90 Å². The third-order valence-electron chi connectivity index (χ3n) is 4.47. The second-order valence-electron chi connectivity index (χ2n) is 9.65. The fourth-order valence-corrected chi connectivity index (χ4v) is 3.19. The molecule has 2 N–H and O–H groups in total. The van der Waals surface area contributed by atoms with Gasteiger partial charge in [-0.3, -0.25) is 4.79 Å². The van der Waals surface area contributed by atoms with Gasteiger partial charge in [0.1, 0.15) is 5.75 Å². The van der Waals surface area contributed by atoms with E-state index >= 15 is 0 Å². The van der Waals surface area contributed by atoms with Crippen molar-refractivity contribution in [2.45, 2.75) is 78.2 Å². The van der Waals surface area contributed by atoms with Crippen LogP contribution in [0.5, 0.6) is 5.75 Å². The summed E-state index contributed by atoms with van der Waals surface area (Å²) in [4.78, 5) is 12.2. The maximum atomic E-state index is 12.2. The van der Waals surface area contributed by atoms with Crippen LogP contribution in [0, 0.1) is 0 Å². The van der Waals surface area contributed by atoms with Crippen LogP contribution in [0.15, 0.2) is 17.7 Å². The molecule has 1 heterocycles. The average Bonchev–Trinajstić information content (AvgIpc) is 2.61. The van der Waals surface area contributed by atoms with E-state index in [1.807, 2.05) is 32.1 Å². The van der Waals surface area contributed by atoms with Gasteiger partial charge >= 0.3 is 0 Å². The van der Waals surface area contributed by atoms with Crippen LogP contribution >= 0.6 is 0 Å². The predicted molar refractivity (Wildman–Crippen MR) is 100 cm³/mol. The van der Waals surface area contributed by atoms with Gasteiger partial charge in [0, 0.05) is 28.7 Å². The Morgan fingerprint density at radius 2 is 1.50 bits per heavy atom. The molecule has 0 unspecified atom stereocenters. The lowest BCUT2D eigenvalue weighted by molar-refractivity contribution is -0.116. The zero-order valence-corrected chi connectivity index (χ0v) is 16.3. The van der Waals surface area contributed by atoms with Crippen molar-refractivity contribution in [3.05, 3.63) is 34.4 Å². The summed E-state index contributed by atoms with van der Waals surface area (Å²) >= 11 is 0. The van der Waals surface area contributed by atoms with Crippen molar-refractivity contribution in [1.82, 2.24) is 5.32 Å². The van der Waals surface area contributed by atoms with E-state index in [2.05, 4.69) is 46.9 Å². The largest absolute Gasteiger partial charge is 0.507 e. The van der Waals surface area contributed by atoms with Gasteiger partial charge in [-0.25, -0.2) is 0 Å². The third-order valence-corrected chi connectivity index (χ3v) is 4.47. The fraction of sp³-hybridized carbons (Fsp3) is 0.571. The number of rotatable bonds is 1. The number of hydrogen-bond donors (Lipinski definition) is 2. The van der Waals surface area contributed by atoms with Crippen molar-refractivity contribution in [2.75, 3.05) is 0 Å². The molecule has 1 fully saturated rings. The number of nitrogens with one attached hydrogen (secondary N) is 1. The number of aromatic hydroxyl groups is 1. The van der Waals surface area contributed by atoms with Gasteiger partial charge in [-0.15, -0.1) is 0 Å². The van der Waals surface area contributed by atoms with Crippen LogP contribution in [0.3, 0.4) is 0 Å². The van der Waals surface area contributed by atoms with Crippen LogP contribution in [0.25, 0.3) is 6.08 Å². The first-order chi connectivity index (χ1) is 10.7. The highest BCUT2D eigenvalue weighted by molar-refractivity contribution is 6.00. The lowest BCUT2D eigenvalue weighted by Crippen LogP contribution is -2.34. The first kappa shape index (κ1) is 18.6. The number of carbonyl (C=O) groups excluding carboxylic acids is 1. The first-order valence-corrected chi connectivity index (χ1v) is 8.62. The Bertz CT molecular complexity index is 663. The zero-order valence-electron chi connectivity index (χ0n) is 16.3. The summed E-state index contributed by atoms with van der Waals surface area (Å²) in [5, 5.41) is 13.8. The van der Waals surface area contributed by atoms with Crippen LogP contribution in [-0.2, 0) is 15.6 Å². The topological polar surface area (TPSA) is 49.3 Å². The predicted octanol–water partition coefficient (Wildman–Crippen LogP) is 4.67. The summed E-state index contributed by atoms with van der Waals surface area (Å²) in [6.45, 7) is 16.6. The molecule has 1 aliphatic rings. The number of phenolic OH excluding ortho intramolecular Hbond substituents is 1. The average molecular weight is 329 g/mol. The van der Waals surface area contributed by atoms with Crippen LogP contribution in [0.4, 0.5) is 0 Å². The number of carbonyl (C=O) groups is 1. The molecule has 0 aromatic heterocycles.